The number of amides is 2. The maximum absolute atomic E-state index is 13.0. The summed E-state index contributed by atoms with van der Waals surface area (Å²) in [7, 11) is 1.82. The van der Waals surface area contributed by atoms with E-state index in [2.05, 4.69) is 15.4 Å². The molecule has 1 fully saturated rings. The first-order valence-corrected chi connectivity index (χ1v) is 8.56. The molecule has 2 aliphatic heterocycles. The van der Waals surface area contributed by atoms with Crippen molar-refractivity contribution in [2.75, 3.05) is 18.4 Å². The highest BCUT2D eigenvalue weighted by Crippen LogP contribution is 2.44. The van der Waals surface area contributed by atoms with Gasteiger partial charge in [0.05, 0.1) is 22.7 Å². The number of para-hydroxylation sites is 1. The van der Waals surface area contributed by atoms with Gasteiger partial charge in [0.2, 0.25) is 5.91 Å². The van der Waals surface area contributed by atoms with Crippen LogP contribution in [0.3, 0.4) is 0 Å². The fourth-order valence-electron chi connectivity index (χ4n) is 4.09. The minimum atomic E-state index is -0.643. The number of anilines is 1. The molecule has 4 heterocycles. The largest absolute Gasteiger partial charge is 0.337 e. The van der Waals surface area contributed by atoms with E-state index in [1.54, 1.807) is 22.0 Å². The molecule has 0 radical (unpaired) electrons. The molecule has 5 rings (SSSR count). The zero-order chi connectivity index (χ0) is 17.9. The molecule has 7 nitrogen and oxygen atoms in total. The van der Waals surface area contributed by atoms with Crippen LogP contribution in [-0.4, -0.2) is 44.6 Å². The lowest BCUT2D eigenvalue weighted by molar-refractivity contribution is -0.120. The Morgan fingerprint density at radius 1 is 1.27 bits per heavy atom. The lowest BCUT2D eigenvalue weighted by Gasteiger charge is -2.22. The molecule has 0 aliphatic carbocycles. The van der Waals surface area contributed by atoms with Crippen molar-refractivity contribution in [1.82, 2.24) is 19.7 Å². The monoisotopic (exact) mass is 347 g/mol. The van der Waals surface area contributed by atoms with Crippen LogP contribution in [0.4, 0.5) is 5.69 Å². The van der Waals surface area contributed by atoms with Crippen LogP contribution in [0.1, 0.15) is 22.3 Å². The molecule has 1 N–H and O–H groups in total. The summed E-state index contributed by atoms with van der Waals surface area (Å²) in [6, 6.07) is 9.54. The molecule has 1 atom stereocenters. The number of fused-ring (bicyclic) bond motifs is 3. The second kappa shape index (κ2) is 5.14. The van der Waals surface area contributed by atoms with E-state index in [0.717, 1.165) is 22.3 Å². The SMILES string of the molecule is Cn1ncc2ncc(C(=O)N3CCC4(C3)C(=O)Nc3ccccc34)cc21. The summed E-state index contributed by atoms with van der Waals surface area (Å²) in [4.78, 5) is 31.8. The molecule has 2 amide bonds. The molecule has 2 aliphatic rings. The smallest absolute Gasteiger partial charge is 0.255 e. The molecule has 0 saturated carbocycles. The quantitative estimate of drug-likeness (QED) is 0.727. The summed E-state index contributed by atoms with van der Waals surface area (Å²) in [5.74, 6) is -0.121. The predicted molar refractivity (Wildman–Crippen MR) is 95.8 cm³/mol. The lowest BCUT2D eigenvalue weighted by atomic mass is 9.81. The second-order valence-electron chi connectivity index (χ2n) is 6.96. The molecule has 7 heteroatoms. The van der Waals surface area contributed by atoms with Crippen LogP contribution in [0.25, 0.3) is 11.0 Å². The van der Waals surface area contributed by atoms with Crippen LogP contribution in [0.5, 0.6) is 0 Å². The molecule has 2 aromatic heterocycles. The highest BCUT2D eigenvalue weighted by atomic mass is 16.2. The number of nitrogens with zero attached hydrogens (tertiary/aromatic N) is 4. The first-order valence-electron chi connectivity index (χ1n) is 8.56. The van der Waals surface area contributed by atoms with E-state index in [1.807, 2.05) is 37.4 Å². The standard InChI is InChI=1S/C19H17N5O2/c1-23-16-8-12(9-20-15(16)10-21-23)17(25)24-7-6-19(11-24)13-4-2-3-5-14(13)22-18(19)26/h2-5,8-10H,6-7,11H2,1H3,(H,22,26). The Labute approximate surface area is 149 Å². The molecule has 1 spiro atoms. The third kappa shape index (κ3) is 1.94. The van der Waals surface area contributed by atoms with Crippen LogP contribution in [0.2, 0.25) is 0 Å². The highest BCUT2D eigenvalue weighted by Gasteiger charge is 2.52. The van der Waals surface area contributed by atoms with Gasteiger partial charge in [0, 0.05) is 32.0 Å². The number of benzene rings is 1. The van der Waals surface area contributed by atoms with Crippen LogP contribution >= 0.6 is 0 Å². The van der Waals surface area contributed by atoms with Gasteiger partial charge in [-0.15, -0.1) is 0 Å². The van der Waals surface area contributed by atoms with Gasteiger partial charge in [-0.2, -0.15) is 5.10 Å². The van der Waals surface area contributed by atoms with Gasteiger partial charge in [-0.1, -0.05) is 18.2 Å². The molecule has 26 heavy (non-hydrogen) atoms. The number of hydrogen-bond acceptors (Lipinski definition) is 4. The Hall–Kier alpha value is -3.22. The molecule has 1 aromatic carbocycles. The van der Waals surface area contributed by atoms with Crippen molar-refractivity contribution in [2.24, 2.45) is 7.05 Å². The number of aryl methyl sites for hydroxylation is 1. The summed E-state index contributed by atoms with van der Waals surface area (Å²) in [6.45, 7) is 0.933. The van der Waals surface area contributed by atoms with Crippen molar-refractivity contribution < 1.29 is 9.59 Å². The summed E-state index contributed by atoms with van der Waals surface area (Å²) in [6.07, 6.45) is 3.89. The Morgan fingerprint density at radius 3 is 3.00 bits per heavy atom. The molecule has 1 saturated heterocycles. The summed E-state index contributed by atoms with van der Waals surface area (Å²) in [5, 5.41) is 7.12. The average Bonchev–Trinajstić information content (AvgIpc) is 3.33. The highest BCUT2D eigenvalue weighted by molar-refractivity contribution is 6.07. The third-order valence-electron chi connectivity index (χ3n) is 5.53. The van der Waals surface area contributed by atoms with E-state index in [9.17, 15) is 9.59 Å². The Balaban J connectivity index is 1.48. The van der Waals surface area contributed by atoms with E-state index < -0.39 is 5.41 Å². The van der Waals surface area contributed by atoms with Crippen LogP contribution in [0.15, 0.2) is 42.7 Å². The summed E-state index contributed by atoms with van der Waals surface area (Å²) < 4.78 is 1.70. The molecule has 1 unspecified atom stereocenters. The zero-order valence-electron chi connectivity index (χ0n) is 14.3. The number of aromatic nitrogens is 3. The number of rotatable bonds is 1. The maximum Gasteiger partial charge on any atom is 0.255 e. The van der Waals surface area contributed by atoms with Gasteiger partial charge >= 0.3 is 0 Å². The fourth-order valence-corrected chi connectivity index (χ4v) is 4.09. The Morgan fingerprint density at radius 2 is 2.12 bits per heavy atom. The topological polar surface area (TPSA) is 80.1 Å². The maximum atomic E-state index is 13.0. The number of nitrogens with one attached hydrogen (secondary N) is 1. The molecule has 130 valence electrons. The Bertz CT molecular complexity index is 1070. The van der Waals surface area contributed by atoms with Gasteiger partial charge in [0.15, 0.2) is 0 Å². The van der Waals surface area contributed by atoms with Crippen molar-refractivity contribution in [1.29, 1.82) is 0 Å². The van der Waals surface area contributed by atoms with Crippen molar-refractivity contribution in [3.63, 3.8) is 0 Å². The van der Waals surface area contributed by atoms with Gasteiger partial charge in [-0.3, -0.25) is 19.3 Å². The Kier molecular flexibility index (Phi) is 2.98. The normalized spacial score (nSPS) is 21.4. The first-order chi connectivity index (χ1) is 12.6. The van der Waals surface area contributed by atoms with E-state index in [-0.39, 0.29) is 11.8 Å². The number of likely N-dealkylation sites (tertiary alicyclic amines) is 1. The van der Waals surface area contributed by atoms with Gasteiger partial charge in [0.25, 0.3) is 5.91 Å². The van der Waals surface area contributed by atoms with Crippen molar-refractivity contribution in [3.05, 3.63) is 53.9 Å². The number of carbonyl (C=O) groups is 2. The minimum absolute atomic E-state index is 0.0192. The lowest BCUT2D eigenvalue weighted by Crippen LogP contribution is -2.39. The van der Waals surface area contributed by atoms with Crippen LogP contribution in [-0.2, 0) is 17.3 Å². The van der Waals surface area contributed by atoms with E-state index in [0.29, 0.717) is 25.1 Å². The van der Waals surface area contributed by atoms with Gasteiger partial charge in [-0.25, -0.2) is 0 Å². The molecule has 3 aromatic rings. The van der Waals surface area contributed by atoms with Crippen LogP contribution < -0.4 is 5.32 Å². The minimum Gasteiger partial charge on any atom is -0.337 e. The zero-order valence-corrected chi connectivity index (χ0v) is 14.3. The van der Waals surface area contributed by atoms with Gasteiger partial charge in [-0.05, 0) is 24.1 Å². The molecule has 0 bridgehead atoms. The van der Waals surface area contributed by atoms with E-state index in [1.165, 1.54) is 0 Å². The third-order valence-corrected chi connectivity index (χ3v) is 5.53. The van der Waals surface area contributed by atoms with E-state index in [4.69, 9.17) is 0 Å². The van der Waals surface area contributed by atoms with Crippen molar-refractivity contribution in [3.8, 4) is 0 Å². The summed E-state index contributed by atoms with van der Waals surface area (Å²) >= 11 is 0. The predicted octanol–water partition coefficient (Wildman–Crippen LogP) is 1.70. The first kappa shape index (κ1) is 15.1. The van der Waals surface area contributed by atoms with Crippen molar-refractivity contribution in [2.45, 2.75) is 11.8 Å². The molecular formula is C19H17N5O2. The summed E-state index contributed by atoms with van der Waals surface area (Å²) in [5.41, 5.74) is 3.28. The van der Waals surface area contributed by atoms with Gasteiger partial charge in [0.1, 0.15) is 5.52 Å². The van der Waals surface area contributed by atoms with Gasteiger partial charge < -0.3 is 10.2 Å². The van der Waals surface area contributed by atoms with E-state index >= 15 is 0 Å². The number of hydrogen-bond donors (Lipinski definition) is 1. The van der Waals surface area contributed by atoms with Crippen LogP contribution in [0, 0.1) is 0 Å². The van der Waals surface area contributed by atoms with Crippen molar-refractivity contribution >= 4 is 28.5 Å². The molecular weight excluding hydrogens is 330 g/mol. The average molecular weight is 347 g/mol. The second-order valence-corrected chi connectivity index (χ2v) is 6.96. The number of carbonyl (C=O) groups excluding carboxylic acids is 2. The fraction of sp³-hybridized carbons (Fsp3) is 0.263. The number of pyridine rings is 1.